The second kappa shape index (κ2) is 7.63. The van der Waals surface area contributed by atoms with Crippen LogP contribution in [0.5, 0.6) is 0 Å². The fourth-order valence-electron chi connectivity index (χ4n) is 3.46. The first kappa shape index (κ1) is 20.5. The van der Waals surface area contributed by atoms with Gasteiger partial charge < -0.3 is 5.32 Å². The van der Waals surface area contributed by atoms with Crippen molar-refractivity contribution in [1.29, 1.82) is 0 Å². The van der Waals surface area contributed by atoms with Gasteiger partial charge >= 0.3 is 0 Å². The van der Waals surface area contributed by atoms with Gasteiger partial charge in [0.15, 0.2) is 0 Å². The van der Waals surface area contributed by atoms with E-state index in [1.807, 2.05) is 13.8 Å². The van der Waals surface area contributed by atoms with Gasteiger partial charge in [0.2, 0.25) is 0 Å². The minimum Gasteiger partial charge on any atom is -0.321 e. The number of para-hydroxylation sites is 1. The average molecular weight is 396 g/mol. The van der Waals surface area contributed by atoms with Gasteiger partial charge in [0.25, 0.3) is 5.91 Å². The third-order valence-electron chi connectivity index (χ3n) is 5.09. The van der Waals surface area contributed by atoms with E-state index < -0.39 is 0 Å². The maximum Gasteiger partial charge on any atom is 0.266 e. The summed E-state index contributed by atoms with van der Waals surface area (Å²) >= 11 is 1.46. The van der Waals surface area contributed by atoms with E-state index in [0.29, 0.717) is 4.88 Å². The van der Waals surface area contributed by atoms with Crippen LogP contribution in [0, 0.1) is 13.8 Å². The summed E-state index contributed by atoms with van der Waals surface area (Å²) in [5, 5.41) is 4.19. The van der Waals surface area contributed by atoms with Gasteiger partial charge in [-0.25, -0.2) is 9.97 Å². The second-order valence-corrected chi connectivity index (χ2v) is 9.23. The Morgan fingerprint density at radius 1 is 1.07 bits per heavy atom. The van der Waals surface area contributed by atoms with E-state index in [1.54, 1.807) is 0 Å². The molecule has 0 atom stereocenters. The van der Waals surface area contributed by atoms with Gasteiger partial charge in [-0.15, -0.1) is 11.3 Å². The molecule has 148 valence electrons. The van der Waals surface area contributed by atoms with Crippen molar-refractivity contribution < 1.29 is 4.79 Å². The van der Waals surface area contributed by atoms with Crippen LogP contribution in [0.2, 0.25) is 0 Å². The molecule has 0 bridgehead atoms. The number of fused-ring (bicyclic) bond motifs is 1. The molecule has 2 aromatic heterocycles. The third-order valence-corrected chi connectivity index (χ3v) is 6.27. The number of aryl methyl sites for hydroxylation is 4. The summed E-state index contributed by atoms with van der Waals surface area (Å²) in [6.07, 6.45) is 1.77. The second-order valence-electron chi connectivity index (χ2n) is 8.23. The summed E-state index contributed by atoms with van der Waals surface area (Å²) in [5.74, 6) is 0.753. The normalized spacial score (nSPS) is 11.8. The van der Waals surface area contributed by atoms with E-state index in [4.69, 9.17) is 9.97 Å². The summed E-state index contributed by atoms with van der Waals surface area (Å²) in [4.78, 5) is 24.3. The van der Waals surface area contributed by atoms with Gasteiger partial charge in [0.1, 0.15) is 10.7 Å². The van der Waals surface area contributed by atoms with E-state index in [0.717, 1.165) is 57.0 Å². The van der Waals surface area contributed by atoms with E-state index in [9.17, 15) is 4.79 Å². The number of carbonyl (C=O) groups excluding carboxylic acids is 1. The van der Waals surface area contributed by atoms with E-state index in [-0.39, 0.29) is 11.3 Å². The SMILES string of the molecule is CCc1cccc(CC)c1NC(=O)c1sc2nc(C(C)(C)C)nc(C)c2c1C. The molecular weight excluding hydrogens is 366 g/mol. The van der Waals surface area contributed by atoms with Crippen molar-refractivity contribution in [1.82, 2.24) is 9.97 Å². The Hall–Kier alpha value is -2.27. The lowest BCUT2D eigenvalue weighted by Crippen LogP contribution is -2.16. The molecule has 0 radical (unpaired) electrons. The Balaban J connectivity index is 2.06. The molecule has 0 aliphatic rings. The highest BCUT2D eigenvalue weighted by molar-refractivity contribution is 7.20. The minimum atomic E-state index is -0.130. The zero-order valence-corrected chi connectivity index (χ0v) is 18.7. The number of amides is 1. The zero-order chi connectivity index (χ0) is 20.6. The predicted octanol–water partition coefficient (Wildman–Crippen LogP) is 5.98. The molecule has 4 nitrogen and oxygen atoms in total. The molecule has 1 N–H and O–H groups in total. The number of nitrogens with zero attached hydrogens (tertiary/aromatic N) is 2. The number of aromatic nitrogens is 2. The zero-order valence-electron chi connectivity index (χ0n) is 17.9. The average Bonchev–Trinajstić information content (AvgIpc) is 2.98. The number of benzene rings is 1. The molecule has 5 heteroatoms. The Bertz CT molecular complexity index is 1020. The predicted molar refractivity (Wildman–Crippen MR) is 119 cm³/mol. The summed E-state index contributed by atoms with van der Waals surface area (Å²) in [6, 6.07) is 6.22. The number of carbonyl (C=O) groups is 1. The van der Waals surface area contributed by atoms with Crippen molar-refractivity contribution >= 4 is 33.1 Å². The number of anilines is 1. The van der Waals surface area contributed by atoms with Crippen LogP contribution in [0.3, 0.4) is 0 Å². The summed E-state index contributed by atoms with van der Waals surface area (Å²) < 4.78 is 0. The molecule has 0 spiro atoms. The molecule has 0 unspecified atom stereocenters. The molecule has 3 aromatic rings. The number of hydrogen-bond acceptors (Lipinski definition) is 4. The van der Waals surface area contributed by atoms with Gasteiger partial charge in [-0.3, -0.25) is 4.79 Å². The van der Waals surface area contributed by atoms with Crippen LogP contribution in [-0.2, 0) is 18.3 Å². The third kappa shape index (κ3) is 3.68. The molecule has 0 aliphatic carbocycles. The van der Waals surface area contributed by atoms with Gasteiger partial charge in [0, 0.05) is 16.5 Å². The topological polar surface area (TPSA) is 54.9 Å². The monoisotopic (exact) mass is 395 g/mol. The van der Waals surface area contributed by atoms with Crippen LogP contribution in [0.15, 0.2) is 18.2 Å². The first-order chi connectivity index (χ1) is 13.2. The fourth-order valence-corrected chi connectivity index (χ4v) is 4.59. The number of nitrogens with one attached hydrogen (secondary N) is 1. The molecule has 0 saturated carbocycles. The summed E-state index contributed by atoms with van der Waals surface area (Å²) in [7, 11) is 0. The largest absolute Gasteiger partial charge is 0.321 e. The molecule has 1 aromatic carbocycles. The van der Waals surface area contributed by atoms with Crippen LogP contribution in [0.1, 0.15) is 72.5 Å². The lowest BCUT2D eigenvalue weighted by Gasteiger charge is -2.16. The maximum atomic E-state index is 13.2. The standard InChI is InChI=1S/C23H29N3OS/c1-8-15-11-10-12-16(9-2)18(15)25-20(27)19-13(3)17-14(4)24-22(23(5,6)7)26-21(17)28-19/h10-12H,8-9H2,1-7H3,(H,25,27). The van der Waals surface area contributed by atoms with Crippen LogP contribution >= 0.6 is 11.3 Å². The quantitative estimate of drug-likeness (QED) is 0.591. The molecule has 0 fully saturated rings. The Kier molecular flexibility index (Phi) is 5.57. The van der Waals surface area contributed by atoms with Crippen molar-refractivity contribution in [2.24, 2.45) is 0 Å². The highest BCUT2D eigenvalue weighted by Crippen LogP contribution is 2.34. The highest BCUT2D eigenvalue weighted by Gasteiger charge is 2.24. The summed E-state index contributed by atoms with van der Waals surface area (Å²) in [5.41, 5.74) is 5.05. The van der Waals surface area contributed by atoms with E-state index >= 15 is 0 Å². The lowest BCUT2D eigenvalue weighted by atomic mass is 9.95. The van der Waals surface area contributed by atoms with Crippen LogP contribution in [0.4, 0.5) is 5.69 Å². The van der Waals surface area contributed by atoms with E-state index in [1.165, 1.54) is 11.3 Å². The first-order valence-electron chi connectivity index (χ1n) is 9.87. The molecule has 0 aliphatic heterocycles. The van der Waals surface area contributed by atoms with Crippen molar-refractivity contribution in [2.45, 2.75) is 66.7 Å². The van der Waals surface area contributed by atoms with Crippen LogP contribution in [-0.4, -0.2) is 15.9 Å². The van der Waals surface area contributed by atoms with Gasteiger partial charge in [0.05, 0.1) is 10.6 Å². The number of hydrogen-bond donors (Lipinski definition) is 1. The molecular formula is C23H29N3OS. The van der Waals surface area contributed by atoms with Gasteiger partial charge in [-0.05, 0) is 43.4 Å². The van der Waals surface area contributed by atoms with Crippen molar-refractivity contribution in [3.05, 3.63) is 51.3 Å². The van der Waals surface area contributed by atoms with Crippen LogP contribution in [0.25, 0.3) is 10.2 Å². The van der Waals surface area contributed by atoms with Gasteiger partial charge in [-0.1, -0.05) is 52.8 Å². The molecule has 1 amide bonds. The molecule has 28 heavy (non-hydrogen) atoms. The Morgan fingerprint density at radius 3 is 2.21 bits per heavy atom. The minimum absolute atomic E-state index is 0.0622. The van der Waals surface area contributed by atoms with Crippen LogP contribution < -0.4 is 5.32 Å². The maximum absolute atomic E-state index is 13.2. The van der Waals surface area contributed by atoms with Crippen molar-refractivity contribution in [2.75, 3.05) is 5.32 Å². The molecule has 2 heterocycles. The first-order valence-corrected chi connectivity index (χ1v) is 10.7. The van der Waals surface area contributed by atoms with E-state index in [2.05, 4.69) is 58.1 Å². The highest BCUT2D eigenvalue weighted by atomic mass is 32.1. The Labute approximate surface area is 171 Å². The number of rotatable bonds is 4. The fraction of sp³-hybridized carbons (Fsp3) is 0.435. The summed E-state index contributed by atoms with van der Waals surface area (Å²) in [6.45, 7) is 14.5. The smallest absolute Gasteiger partial charge is 0.266 e. The number of thiophene rings is 1. The molecule has 0 saturated heterocycles. The molecule has 3 rings (SSSR count). The Morgan fingerprint density at radius 2 is 1.68 bits per heavy atom. The van der Waals surface area contributed by atoms with Gasteiger partial charge in [-0.2, -0.15) is 0 Å². The van der Waals surface area contributed by atoms with Crippen molar-refractivity contribution in [3.63, 3.8) is 0 Å². The lowest BCUT2D eigenvalue weighted by molar-refractivity contribution is 0.103. The van der Waals surface area contributed by atoms with Crippen molar-refractivity contribution in [3.8, 4) is 0 Å².